The number of non-ortho nitro benzene ring substituents is 1. The summed E-state index contributed by atoms with van der Waals surface area (Å²) in [7, 11) is 1.45. The monoisotopic (exact) mass is 281 g/mol. The molecule has 1 aromatic carbocycles. The Bertz CT molecular complexity index is 526. The molecule has 1 N–H and O–H groups in total. The fourth-order valence-corrected chi connectivity index (χ4v) is 2.18. The molecule has 0 aromatic heterocycles. The quantitative estimate of drug-likeness (QED) is 0.664. The van der Waals surface area contributed by atoms with Crippen LogP contribution in [0.5, 0.6) is 5.75 Å². The molecule has 2 rings (SSSR count). The maximum atomic E-state index is 10.8. The van der Waals surface area contributed by atoms with Crippen molar-refractivity contribution in [3.63, 3.8) is 0 Å². The highest BCUT2D eigenvalue weighted by molar-refractivity contribution is 5.67. The summed E-state index contributed by atoms with van der Waals surface area (Å²) in [5, 5.41) is 19.6. The summed E-state index contributed by atoms with van der Waals surface area (Å²) in [5.74, 6) is 0.419. The Morgan fingerprint density at radius 2 is 2.00 bits per heavy atom. The zero-order valence-corrected chi connectivity index (χ0v) is 11.0. The lowest BCUT2D eigenvalue weighted by Crippen LogP contribution is -2.48. The highest BCUT2D eigenvalue weighted by Crippen LogP contribution is 2.32. The number of anilines is 1. The number of amides is 1. The number of carboxylic acid groups (broad SMARTS) is 1. The highest BCUT2D eigenvalue weighted by Gasteiger charge is 2.23. The van der Waals surface area contributed by atoms with Crippen molar-refractivity contribution in [2.24, 2.45) is 0 Å². The Labute approximate surface area is 115 Å². The third-order valence-electron chi connectivity index (χ3n) is 3.27. The number of nitro benzene ring substituents is 1. The first kappa shape index (κ1) is 13.9. The van der Waals surface area contributed by atoms with Gasteiger partial charge in [0.25, 0.3) is 5.69 Å². The van der Waals surface area contributed by atoms with Gasteiger partial charge in [-0.15, -0.1) is 0 Å². The number of hydrogen-bond acceptors (Lipinski definition) is 5. The molecule has 0 unspecified atom stereocenters. The lowest BCUT2D eigenvalue weighted by Gasteiger charge is -2.35. The minimum absolute atomic E-state index is 0.0326. The van der Waals surface area contributed by atoms with E-state index in [0.29, 0.717) is 31.9 Å². The van der Waals surface area contributed by atoms with Gasteiger partial charge in [0, 0.05) is 32.2 Å². The predicted octanol–water partition coefficient (Wildman–Crippen LogP) is 1.40. The van der Waals surface area contributed by atoms with Gasteiger partial charge in [0.2, 0.25) is 0 Å². The molecule has 0 spiro atoms. The van der Waals surface area contributed by atoms with Crippen molar-refractivity contribution in [1.82, 2.24) is 4.90 Å². The number of nitrogens with zero attached hydrogens (tertiary/aromatic N) is 3. The van der Waals surface area contributed by atoms with Gasteiger partial charge in [0.05, 0.1) is 23.8 Å². The smallest absolute Gasteiger partial charge is 0.407 e. The van der Waals surface area contributed by atoms with Crippen LogP contribution in [0.2, 0.25) is 0 Å². The van der Waals surface area contributed by atoms with E-state index >= 15 is 0 Å². The second-order valence-corrected chi connectivity index (χ2v) is 4.37. The van der Waals surface area contributed by atoms with Crippen LogP contribution in [-0.2, 0) is 0 Å². The Morgan fingerprint density at radius 1 is 1.35 bits per heavy atom. The van der Waals surface area contributed by atoms with Crippen LogP contribution >= 0.6 is 0 Å². The molecule has 0 bridgehead atoms. The largest absolute Gasteiger partial charge is 0.494 e. The molecular formula is C12H15N3O5. The van der Waals surface area contributed by atoms with Crippen LogP contribution in [0.3, 0.4) is 0 Å². The maximum Gasteiger partial charge on any atom is 0.407 e. The van der Waals surface area contributed by atoms with Gasteiger partial charge in [-0.05, 0) is 6.07 Å². The fourth-order valence-electron chi connectivity index (χ4n) is 2.18. The van der Waals surface area contributed by atoms with E-state index in [1.165, 1.54) is 24.1 Å². The van der Waals surface area contributed by atoms with E-state index in [9.17, 15) is 14.9 Å². The highest BCUT2D eigenvalue weighted by atomic mass is 16.6. The summed E-state index contributed by atoms with van der Waals surface area (Å²) in [6.07, 6.45) is -0.930. The van der Waals surface area contributed by atoms with Crippen molar-refractivity contribution in [1.29, 1.82) is 0 Å². The number of nitro groups is 1. The van der Waals surface area contributed by atoms with E-state index in [2.05, 4.69) is 0 Å². The van der Waals surface area contributed by atoms with Gasteiger partial charge in [-0.2, -0.15) is 0 Å². The van der Waals surface area contributed by atoms with E-state index in [-0.39, 0.29) is 5.69 Å². The third-order valence-corrected chi connectivity index (χ3v) is 3.27. The second-order valence-electron chi connectivity index (χ2n) is 4.37. The molecule has 1 saturated heterocycles. The van der Waals surface area contributed by atoms with Crippen molar-refractivity contribution < 1.29 is 19.6 Å². The van der Waals surface area contributed by atoms with Crippen molar-refractivity contribution in [2.75, 3.05) is 38.2 Å². The van der Waals surface area contributed by atoms with E-state index in [0.717, 1.165) is 5.69 Å². The van der Waals surface area contributed by atoms with Crippen LogP contribution in [0.15, 0.2) is 18.2 Å². The number of carbonyl (C=O) groups is 1. The standard InChI is InChI=1S/C12H15N3O5/c1-20-11-8-9(15(18)19)2-3-10(11)13-4-6-14(7-5-13)12(16)17/h2-3,8H,4-7H2,1H3,(H,16,17). The Balaban J connectivity index is 2.17. The van der Waals surface area contributed by atoms with E-state index in [1.807, 2.05) is 4.90 Å². The van der Waals surface area contributed by atoms with Crippen LogP contribution in [0.1, 0.15) is 0 Å². The first-order valence-electron chi connectivity index (χ1n) is 6.08. The molecule has 1 heterocycles. The fraction of sp³-hybridized carbons (Fsp3) is 0.417. The van der Waals surface area contributed by atoms with Crippen LogP contribution in [0.25, 0.3) is 0 Å². The molecule has 1 aliphatic rings. The van der Waals surface area contributed by atoms with Crippen molar-refractivity contribution >= 4 is 17.5 Å². The molecule has 0 aliphatic carbocycles. The summed E-state index contributed by atoms with van der Waals surface area (Å²) < 4.78 is 5.19. The molecule has 0 saturated carbocycles. The van der Waals surface area contributed by atoms with Crippen molar-refractivity contribution in [3.05, 3.63) is 28.3 Å². The molecule has 8 nitrogen and oxygen atoms in total. The number of hydrogen-bond donors (Lipinski definition) is 1. The summed E-state index contributed by atoms with van der Waals surface area (Å²) in [6.45, 7) is 1.85. The summed E-state index contributed by atoms with van der Waals surface area (Å²) in [5.41, 5.74) is 0.706. The number of benzene rings is 1. The summed E-state index contributed by atoms with van der Waals surface area (Å²) >= 11 is 0. The van der Waals surface area contributed by atoms with Crippen LogP contribution < -0.4 is 9.64 Å². The van der Waals surface area contributed by atoms with Gasteiger partial charge in [-0.25, -0.2) is 4.79 Å². The maximum absolute atomic E-state index is 10.8. The molecule has 1 amide bonds. The van der Waals surface area contributed by atoms with Crippen LogP contribution in [0.4, 0.5) is 16.2 Å². The van der Waals surface area contributed by atoms with E-state index < -0.39 is 11.0 Å². The topological polar surface area (TPSA) is 96.2 Å². The van der Waals surface area contributed by atoms with Crippen LogP contribution in [-0.4, -0.2) is 54.3 Å². The first-order chi connectivity index (χ1) is 9.52. The van der Waals surface area contributed by atoms with Gasteiger partial charge < -0.3 is 19.6 Å². The van der Waals surface area contributed by atoms with Crippen molar-refractivity contribution in [2.45, 2.75) is 0 Å². The Morgan fingerprint density at radius 3 is 2.50 bits per heavy atom. The molecule has 20 heavy (non-hydrogen) atoms. The van der Waals surface area contributed by atoms with Gasteiger partial charge in [-0.3, -0.25) is 10.1 Å². The molecular weight excluding hydrogens is 266 g/mol. The minimum Gasteiger partial charge on any atom is -0.494 e. The first-order valence-corrected chi connectivity index (χ1v) is 6.08. The molecule has 1 aromatic rings. The van der Waals surface area contributed by atoms with Gasteiger partial charge in [0.1, 0.15) is 5.75 Å². The Kier molecular flexibility index (Phi) is 3.92. The number of piperazine rings is 1. The number of ether oxygens (including phenoxy) is 1. The second kappa shape index (κ2) is 5.64. The molecule has 1 aliphatic heterocycles. The molecule has 1 fully saturated rings. The summed E-state index contributed by atoms with van der Waals surface area (Å²) in [4.78, 5) is 24.4. The third kappa shape index (κ3) is 2.73. The zero-order valence-electron chi connectivity index (χ0n) is 11.0. The average Bonchev–Trinajstić information content (AvgIpc) is 2.46. The molecule has 8 heteroatoms. The molecule has 108 valence electrons. The van der Waals surface area contributed by atoms with Gasteiger partial charge in [-0.1, -0.05) is 0 Å². The lowest BCUT2D eigenvalue weighted by atomic mass is 10.2. The van der Waals surface area contributed by atoms with Crippen molar-refractivity contribution in [3.8, 4) is 5.75 Å². The zero-order chi connectivity index (χ0) is 14.7. The summed E-state index contributed by atoms with van der Waals surface area (Å²) in [6, 6.07) is 4.42. The molecule has 0 radical (unpaired) electrons. The van der Waals surface area contributed by atoms with Gasteiger partial charge >= 0.3 is 6.09 Å². The molecule has 0 atom stereocenters. The minimum atomic E-state index is -0.930. The van der Waals surface area contributed by atoms with Gasteiger partial charge in [0.15, 0.2) is 0 Å². The average molecular weight is 281 g/mol. The number of methoxy groups -OCH3 is 1. The SMILES string of the molecule is COc1cc([N+](=O)[O-])ccc1N1CCN(C(=O)O)CC1. The van der Waals surface area contributed by atoms with Crippen LogP contribution in [0, 0.1) is 10.1 Å². The normalized spacial score (nSPS) is 15.1. The van der Waals surface area contributed by atoms with E-state index in [1.54, 1.807) is 6.07 Å². The predicted molar refractivity (Wildman–Crippen MR) is 71.5 cm³/mol. The Hall–Kier alpha value is -2.51. The lowest BCUT2D eigenvalue weighted by molar-refractivity contribution is -0.384. The van der Waals surface area contributed by atoms with E-state index in [4.69, 9.17) is 9.84 Å². The number of rotatable bonds is 3.